The molecule has 1 aliphatic carbocycles. The van der Waals surface area contributed by atoms with E-state index in [1.54, 1.807) is 12.1 Å². The number of carbonyl (C=O) groups excluding carboxylic acids is 1. The van der Waals surface area contributed by atoms with Crippen LogP contribution in [0.15, 0.2) is 18.2 Å². The second-order valence-electron chi connectivity index (χ2n) is 7.21. The summed E-state index contributed by atoms with van der Waals surface area (Å²) in [5.41, 5.74) is 7.63. The first kappa shape index (κ1) is 18.7. The first-order valence-electron chi connectivity index (χ1n) is 9.70. The number of fused-ring (bicyclic) bond motifs is 2. The smallest absolute Gasteiger partial charge is 0.338 e. The normalized spacial score (nSPS) is 24.7. The zero-order valence-corrected chi connectivity index (χ0v) is 15.3. The Morgan fingerprint density at radius 1 is 1.08 bits per heavy atom. The average Bonchev–Trinajstić information content (AvgIpc) is 2.71. The van der Waals surface area contributed by atoms with Gasteiger partial charge in [-0.25, -0.2) is 4.79 Å². The molecule has 1 saturated carbocycles. The van der Waals surface area contributed by atoms with E-state index in [1.807, 2.05) is 6.07 Å². The third-order valence-corrected chi connectivity index (χ3v) is 5.18. The number of hydrogen-bond acceptors (Lipinski definition) is 4. The molecule has 0 aromatic heterocycles. The highest BCUT2D eigenvalue weighted by atomic mass is 16.6. The van der Waals surface area contributed by atoms with E-state index in [4.69, 9.17) is 20.6 Å². The number of benzene rings is 1. The van der Waals surface area contributed by atoms with E-state index in [1.165, 1.54) is 19.3 Å². The number of nitrogens with two attached hydrogens (primary N) is 1. The zero-order valence-electron chi connectivity index (χ0n) is 15.3. The molecule has 2 aliphatic rings. The van der Waals surface area contributed by atoms with Gasteiger partial charge in [0.1, 0.15) is 6.10 Å². The zero-order chi connectivity index (χ0) is 18.4. The molecule has 0 saturated heterocycles. The van der Waals surface area contributed by atoms with Gasteiger partial charge in [-0.2, -0.15) is 0 Å². The lowest BCUT2D eigenvalue weighted by Crippen LogP contribution is -2.35. The van der Waals surface area contributed by atoms with Crippen LogP contribution in [0.1, 0.15) is 67.3 Å². The minimum atomic E-state index is -0.269. The highest BCUT2D eigenvalue weighted by molar-refractivity contribution is 5.94. The lowest BCUT2D eigenvalue weighted by atomic mass is 10.00. The van der Waals surface area contributed by atoms with Gasteiger partial charge in [0.2, 0.25) is 0 Å². The summed E-state index contributed by atoms with van der Waals surface area (Å²) in [5, 5.41) is 10.1. The van der Waals surface area contributed by atoms with Crippen molar-refractivity contribution in [1.82, 2.24) is 0 Å². The van der Waals surface area contributed by atoms with Crippen LogP contribution in [0.25, 0.3) is 0 Å². The number of guanidine groups is 1. The molecule has 0 radical (unpaired) electrons. The largest absolute Gasteiger partial charge is 0.456 e. The standard InChI is InChI=1S/C20H29N3O3/c21-20(22)23-15-10-11-16-14(13-15)7-6-12-25-17-8-4-2-1-3-5-9-18(17)26-19(16)24/h10-11,13,17-18H,1-9,12H2,(H4,21,22,23). The highest BCUT2D eigenvalue weighted by Crippen LogP contribution is 2.26. The summed E-state index contributed by atoms with van der Waals surface area (Å²) in [4.78, 5) is 12.8. The van der Waals surface area contributed by atoms with Crippen LogP contribution in [0, 0.1) is 5.41 Å². The maximum Gasteiger partial charge on any atom is 0.338 e. The number of ether oxygens (including phenoxy) is 2. The van der Waals surface area contributed by atoms with Gasteiger partial charge in [-0.3, -0.25) is 5.41 Å². The summed E-state index contributed by atoms with van der Waals surface area (Å²) in [7, 11) is 0. The van der Waals surface area contributed by atoms with Crippen molar-refractivity contribution >= 4 is 17.6 Å². The first-order chi connectivity index (χ1) is 12.6. The Balaban J connectivity index is 1.82. The van der Waals surface area contributed by atoms with Crippen molar-refractivity contribution in [3.05, 3.63) is 29.3 Å². The average molecular weight is 359 g/mol. The van der Waals surface area contributed by atoms with Gasteiger partial charge in [0.15, 0.2) is 5.96 Å². The molecule has 1 aromatic rings. The van der Waals surface area contributed by atoms with E-state index in [0.29, 0.717) is 17.9 Å². The fourth-order valence-corrected chi connectivity index (χ4v) is 3.85. The third-order valence-electron chi connectivity index (χ3n) is 5.18. The number of esters is 1. The van der Waals surface area contributed by atoms with E-state index < -0.39 is 0 Å². The molecule has 0 bridgehead atoms. The summed E-state index contributed by atoms with van der Waals surface area (Å²) in [5.74, 6) is -0.390. The van der Waals surface area contributed by atoms with Crippen molar-refractivity contribution in [2.75, 3.05) is 11.9 Å². The van der Waals surface area contributed by atoms with Gasteiger partial charge in [-0.1, -0.05) is 25.7 Å². The molecule has 1 aromatic carbocycles. The van der Waals surface area contributed by atoms with Crippen molar-refractivity contribution in [1.29, 1.82) is 5.41 Å². The summed E-state index contributed by atoms with van der Waals surface area (Å²) in [6.45, 7) is 0.669. The van der Waals surface area contributed by atoms with Gasteiger partial charge in [0.05, 0.1) is 11.7 Å². The van der Waals surface area contributed by atoms with Crippen molar-refractivity contribution in [3.63, 3.8) is 0 Å². The molecule has 26 heavy (non-hydrogen) atoms. The summed E-state index contributed by atoms with van der Waals surface area (Å²) < 4.78 is 12.0. The summed E-state index contributed by atoms with van der Waals surface area (Å²) in [6.07, 6.45) is 9.15. The minimum Gasteiger partial charge on any atom is -0.456 e. The molecule has 6 nitrogen and oxygen atoms in total. The number of carbonyl (C=O) groups is 1. The Morgan fingerprint density at radius 3 is 2.58 bits per heavy atom. The Hall–Kier alpha value is -2.08. The van der Waals surface area contributed by atoms with E-state index in [-0.39, 0.29) is 24.1 Å². The van der Waals surface area contributed by atoms with E-state index in [0.717, 1.165) is 44.1 Å². The maximum atomic E-state index is 12.8. The predicted octanol–water partition coefficient (Wildman–Crippen LogP) is 3.59. The first-order valence-corrected chi connectivity index (χ1v) is 9.70. The topological polar surface area (TPSA) is 97.4 Å². The van der Waals surface area contributed by atoms with Crippen LogP contribution in [-0.4, -0.2) is 30.7 Å². The Morgan fingerprint density at radius 2 is 1.81 bits per heavy atom. The second kappa shape index (κ2) is 9.03. The molecular weight excluding hydrogens is 330 g/mol. The van der Waals surface area contributed by atoms with E-state index in [9.17, 15) is 4.79 Å². The Kier molecular flexibility index (Phi) is 6.50. The fraction of sp³-hybridized carbons (Fsp3) is 0.600. The predicted molar refractivity (Wildman–Crippen MR) is 102 cm³/mol. The number of rotatable bonds is 1. The molecule has 142 valence electrons. The molecule has 3 rings (SSSR count). The van der Waals surface area contributed by atoms with Crippen molar-refractivity contribution in [2.45, 2.75) is 70.0 Å². The van der Waals surface area contributed by atoms with Crippen LogP contribution in [-0.2, 0) is 15.9 Å². The number of anilines is 1. The molecule has 1 aliphatic heterocycles. The molecule has 4 N–H and O–H groups in total. The van der Waals surface area contributed by atoms with E-state index >= 15 is 0 Å². The van der Waals surface area contributed by atoms with Gasteiger partial charge in [-0.05, 0) is 55.9 Å². The lowest BCUT2D eigenvalue weighted by molar-refractivity contribution is -0.0609. The molecule has 6 heteroatoms. The number of hydrogen-bond donors (Lipinski definition) is 3. The summed E-state index contributed by atoms with van der Waals surface area (Å²) >= 11 is 0. The Labute approximate surface area is 154 Å². The summed E-state index contributed by atoms with van der Waals surface area (Å²) in [6, 6.07) is 5.42. The molecular formula is C20H29N3O3. The van der Waals surface area contributed by atoms with Crippen molar-refractivity contribution in [2.24, 2.45) is 5.73 Å². The van der Waals surface area contributed by atoms with Gasteiger partial charge < -0.3 is 20.5 Å². The molecule has 1 fully saturated rings. The Bertz CT molecular complexity index is 647. The quantitative estimate of drug-likeness (QED) is 0.404. The SMILES string of the molecule is N=C(N)Nc1ccc2c(c1)CCCOC1CCCCCCCC1OC2=O. The fourth-order valence-electron chi connectivity index (χ4n) is 3.85. The van der Waals surface area contributed by atoms with E-state index in [2.05, 4.69) is 5.32 Å². The second-order valence-corrected chi connectivity index (χ2v) is 7.21. The van der Waals surface area contributed by atoms with Crippen LogP contribution in [0.5, 0.6) is 0 Å². The monoisotopic (exact) mass is 359 g/mol. The van der Waals surface area contributed by atoms with Crippen molar-refractivity contribution in [3.8, 4) is 0 Å². The molecule has 2 atom stereocenters. The van der Waals surface area contributed by atoms with Crippen molar-refractivity contribution < 1.29 is 14.3 Å². The molecule has 1 heterocycles. The minimum absolute atomic E-state index is 0.0113. The number of aryl methyl sites for hydroxylation is 1. The van der Waals surface area contributed by atoms with Crippen LogP contribution >= 0.6 is 0 Å². The van der Waals surface area contributed by atoms with Crippen LogP contribution in [0.4, 0.5) is 5.69 Å². The van der Waals surface area contributed by atoms with Crippen LogP contribution in [0.3, 0.4) is 0 Å². The highest BCUT2D eigenvalue weighted by Gasteiger charge is 2.28. The maximum absolute atomic E-state index is 12.8. The lowest BCUT2D eigenvalue weighted by Gasteiger charge is -2.28. The van der Waals surface area contributed by atoms with Gasteiger partial charge in [0.25, 0.3) is 0 Å². The van der Waals surface area contributed by atoms with Gasteiger partial charge >= 0.3 is 5.97 Å². The van der Waals surface area contributed by atoms with Gasteiger partial charge in [-0.15, -0.1) is 0 Å². The van der Waals surface area contributed by atoms with Crippen LogP contribution in [0.2, 0.25) is 0 Å². The van der Waals surface area contributed by atoms with Gasteiger partial charge in [0, 0.05) is 12.3 Å². The molecule has 0 amide bonds. The van der Waals surface area contributed by atoms with Crippen LogP contribution < -0.4 is 11.1 Å². The third kappa shape index (κ3) is 4.97. The number of nitrogens with one attached hydrogen (secondary N) is 2. The molecule has 2 unspecified atom stereocenters. The molecule has 0 spiro atoms.